The molecule has 4 nitrogen and oxygen atoms in total. The molecule has 24 heavy (non-hydrogen) atoms. The van der Waals surface area contributed by atoms with E-state index in [0.29, 0.717) is 15.7 Å². The number of pyridine rings is 1. The van der Waals surface area contributed by atoms with Gasteiger partial charge in [-0.15, -0.1) is 0 Å². The second kappa shape index (κ2) is 7.43. The van der Waals surface area contributed by atoms with Gasteiger partial charge in [-0.25, -0.2) is 10.4 Å². The molecular weight excluding hydrogens is 345 g/mol. The molecule has 120 valence electrons. The number of amides is 1. The highest BCUT2D eigenvalue weighted by Crippen LogP contribution is 2.22. The van der Waals surface area contributed by atoms with E-state index in [0.717, 1.165) is 16.5 Å². The number of carbonyl (C=O) groups excluding carboxylic acids is 1. The highest BCUT2D eigenvalue weighted by atomic mass is 35.5. The van der Waals surface area contributed by atoms with Crippen molar-refractivity contribution in [2.45, 2.75) is 6.42 Å². The molecule has 0 fully saturated rings. The van der Waals surface area contributed by atoms with E-state index in [-0.39, 0.29) is 12.3 Å². The Labute approximate surface area is 149 Å². The maximum Gasteiger partial charge on any atom is 0.244 e. The number of nitrogens with zero attached hydrogens (tertiary/aromatic N) is 2. The highest BCUT2D eigenvalue weighted by molar-refractivity contribution is 6.33. The number of fused-ring (bicyclic) bond motifs is 1. The monoisotopic (exact) mass is 357 g/mol. The van der Waals surface area contributed by atoms with Crippen LogP contribution in [-0.2, 0) is 11.2 Å². The SMILES string of the molecule is O=C(Cc1ccccc1)N/N=C\c1cc2cc(Cl)ccc2nc1Cl. The first-order valence-corrected chi connectivity index (χ1v) is 7.99. The van der Waals surface area contributed by atoms with E-state index in [4.69, 9.17) is 23.2 Å². The Morgan fingerprint density at radius 3 is 2.71 bits per heavy atom. The van der Waals surface area contributed by atoms with Crippen molar-refractivity contribution in [3.63, 3.8) is 0 Å². The molecule has 0 spiro atoms. The van der Waals surface area contributed by atoms with Crippen molar-refractivity contribution < 1.29 is 4.79 Å². The van der Waals surface area contributed by atoms with E-state index >= 15 is 0 Å². The van der Waals surface area contributed by atoms with Gasteiger partial charge in [0, 0.05) is 16.0 Å². The molecule has 0 bridgehead atoms. The van der Waals surface area contributed by atoms with Gasteiger partial charge in [-0.05, 0) is 29.8 Å². The van der Waals surface area contributed by atoms with Crippen LogP contribution < -0.4 is 5.43 Å². The number of aromatic nitrogens is 1. The van der Waals surface area contributed by atoms with Crippen LogP contribution in [-0.4, -0.2) is 17.1 Å². The molecule has 3 rings (SSSR count). The van der Waals surface area contributed by atoms with Crippen molar-refractivity contribution in [2.24, 2.45) is 5.10 Å². The number of rotatable bonds is 4. The average molecular weight is 358 g/mol. The molecule has 0 atom stereocenters. The van der Waals surface area contributed by atoms with Crippen LogP contribution in [0.3, 0.4) is 0 Å². The Bertz CT molecular complexity index is 911. The van der Waals surface area contributed by atoms with E-state index < -0.39 is 0 Å². The average Bonchev–Trinajstić information content (AvgIpc) is 2.56. The molecule has 0 radical (unpaired) electrons. The number of hydrogen-bond acceptors (Lipinski definition) is 3. The second-order valence-electron chi connectivity index (χ2n) is 5.16. The van der Waals surface area contributed by atoms with Gasteiger partial charge in [-0.2, -0.15) is 5.10 Å². The standard InChI is InChI=1S/C18H13Cl2N3O/c19-15-6-7-16-13(10-15)9-14(18(20)22-16)11-21-23-17(24)8-12-4-2-1-3-5-12/h1-7,9-11H,8H2,(H,23,24)/b21-11-. The Hall–Kier alpha value is -2.43. The highest BCUT2D eigenvalue weighted by Gasteiger charge is 2.05. The Morgan fingerprint density at radius 1 is 1.12 bits per heavy atom. The first-order valence-electron chi connectivity index (χ1n) is 7.23. The normalized spacial score (nSPS) is 11.1. The summed E-state index contributed by atoms with van der Waals surface area (Å²) in [7, 11) is 0. The lowest BCUT2D eigenvalue weighted by Gasteiger charge is -2.03. The van der Waals surface area contributed by atoms with E-state index in [1.54, 1.807) is 18.2 Å². The van der Waals surface area contributed by atoms with Gasteiger partial charge in [0.25, 0.3) is 0 Å². The number of benzene rings is 2. The maximum absolute atomic E-state index is 11.9. The Kier molecular flexibility index (Phi) is 5.08. The number of carbonyl (C=O) groups is 1. The van der Waals surface area contributed by atoms with Gasteiger partial charge in [-0.3, -0.25) is 4.79 Å². The first-order chi connectivity index (χ1) is 11.6. The fraction of sp³-hybridized carbons (Fsp3) is 0.0556. The lowest BCUT2D eigenvalue weighted by Crippen LogP contribution is -2.19. The Balaban J connectivity index is 1.71. The molecular formula is C18H13Cl2N3O. The van der Waals surface area contributed by atoms with Gasteiger partial charge in [0.1, 0.15) is 5.15 Å². The van der Waals surface area contributed by atoms with E-state index in [1.807, 2.05) is 36.4 Å². The molecule has 6 heteroatoms. The van der Waals surface area contributed by atoms with Gasteiger partial charge in [0.05, 0.1) is 18.2 Å². The van der Waals surface area contributed by atoms with Crippen LogP contribution in [0, 0.1) is 0 Å². The van der Waals surface area contributed by atoms with Crippen LogP contribution >= 0.6 is 23.2 Å². The Morgan fingerprint density at radius 2 is 1.92 bits per heavy atom. The quantitative estimate of drug-likeness (QED) is 0.431. The van der Waals surface area contributed by atoms with Crippen molar-refractivity contribution in [1.29, 1.82) is 0 Å². The van der Waals surface area contributed by atoms with Crippen LogP contribution in [0.1, 0.15) is 11.1 Å². The lowest BCUT2D eigenvalue weighted by molar-refractivity contribution is -0.120. The third-order valence-electron chi connectivity index (χ3n) is 3.36. The van der Waals surface area contributed by atoms with Gasteiger partial charge in [-0.1, -0.05) is 53.5 Å². The molecule has 0 aliphatic carbocycles. The third kappa shape index (κ3) is 4.10. The largest absolute Gasteiger partial charge is 0.273 e. The fourth-order valence-electron chi connectivity index (χ4n) is 2.23. The molecule has 1 heterocycles. The molecule has 1 aromatic heterocycles. The summed E-state index contributed by atoms with van der Waals surface area (Å²) in [5.74, 6) is -0.203. The molecule has 1 amide bonds. The number of nitrogens with one attached hydrogen (secondary N) is 1. The van der Waals surface area contributed by atoms with Crippen molar-refractivity contribution in [1.82, 2.24) is 10.4 Å². The molecule has 0 saturated heterocycles. The first kappa shape index (κ1) is 16.4. The summed E-state index contributed by atoms with van der Waals surface area (Å²) in [4.78, 5) is 16.1. The summed E-state index contributed by atoms with van der Waals surface area (Å²) in [6.07, 6.45) is 1.73. The summed E-state index contributed by atoms with van der Waals surface area (Å²) < 4.78 is 0. The summed E-state index contributed by atoms with van der Waals surface area (Å²) in [5.41, 5.74) is 4.75. The summed E-state index contributed by atoms with van der Waals surface area (Å²) in [5, 5.41) is 5.72. The zero-order valence-electron chi connectivity index (χ0n) is 12.5. The van der Waals surface area contributed by atoms with Gasteiger partial charge >= 0.3 is 0 Å². The minimum absolute atomic E-state index is 0.203. The van der Waals surface area contributed by atoms with Gasteiger partial charge in [0.15, 0.2) is 0 Å². The fourth-order valence-corrected chi connectivity index (χ4v) is 2.60. The zero-order valence-corrected chi connectivity index (χ0v) is 14.1. The van der Waals surface area contributed by atoms with E-state index in [1.165, 1.54) is 6.21 Å². The van der Waals surface area contributed by atoms with E-state index in [2.05, 4.69) is 15.5 Å². The third-order valence-corrected chi connectivity index (χ3v) is 3.90. The molecule has 3 aromatic rings. The van der Waals surface area contributed by atoms with Crippen molar-refractivity contribution in [3.05, 3.63) is 75.9 Å². The smallest absolute Gasteiger partial charge is 0.244 e. The van der Waals surface area contributed by atoms with E-state index in [9.17, 15) is 4.79 Å². The lowest BCUT2D eigenvalue weighted by atomic mass is 10.1. The predicted molar refractivity (Wildman–Crippen MR) is 97.6 cm³/mol. The van der Waals surface area contributed by atoms with Crippen molar-refractivity contribution in [2.75, 3.05) is 0 Å². The summed E-state index contributed by atoms with van der Waals surface area (Å²) in [6, 6.07) is 16.6. The predicted octanol–water partition coefficient (Wildman–Crippen LogP) is 4.23. The summed E-state index contributed by atoms with van der Waals surface area (Å²) in [6.45, 7) is 0. The number of halogens is 2. The van der Waals surface area contributed by atoms with Gasteiger partial charge in [0.2, 0.25) is 5.91 Å². The molecule has 1 N–H and O–H groups in total. The van der Waals surface area contributed by atoms with Crippen molar-refractivity contribution >= 4 is 46.2 Å². The number of hydrazone groups is 1. The molecule has 0 aliphatic heterocycles. The maximum atomic E-state index is 11.9. The second-order valence-corrected chi connectivity index (χ2v) is 5.96. The molecule has 0 aliphatic rings. The van der Waals surface area contributed by atoms with Crippen LogP contribution in [0.4, 0.5) is 0 Å². The molecule has 0 saturated carbocycles. The molecule has 0 unspecified atom stereocenters. The molecule has 2 aromatic carbocycles. The zero-order chi connectivity index (χ0) is 16.9. The minimum atomic E-state index is -0.203. The van der Waals surface area contributed by atoms with Crippen molar-refractivity contribution in [3.8, 4) is 0 Å². The van der Waals surface area contributed by atoms with Crippen LogP contribution in [0.25, 0.3) is 10.9 Å². The number of hydrogen-bond donors (Lipinski definition) is 1. The minimum Gasteiger partial charge on any atom is -0.273 e. The summed E-state index contributed by atoms with van der Waals surface area (Å²) >= 11 is 12.1. The van der Waals surface area contributed by atoms with Crippen LogP contribution in [0.2, 0.25) is 10.2 Å². The van der Waals surface area contributed by atoms with Crippen LogP contribution in [0.5, 0.6) is 0 Å². The van der Waals surface area contributed by atoms with Crippen LogP contribution in [0.15, 0.2) is 59.7 Å². The van der Waals surface area contributed by atoms with Gasteiger partial charge < -0.3 is 0 Å². The topological polar surface area (TPSA) is 54.4 Å².